The van der Waals surface area contributed by atoms with Crippen molar-refractivity contribution in [2.45, 2.75) is 29.4 Å². The molecule has 0 amide bonds. The summed E-state index contributed by atoms with van der Waals surface area (Å²) in [6.45, 7) is 2.33. The molecule has 0 aliphatic heterocycles. The Kier molecular flexibility index (Phi) is 5.14. The fraction of sp³-hybridized carbons (Fsp3) is 0.286. The summed E-state index contributed by atoms with van der Waals surface area (Å²) in [7, 11) is 1.90. The molecule has 0 saturated heterocycles. The number of nitrogens with zero attached hydrogens (tertiary/aromatic N) is 5. The van der Waals surface area contributed by atoms with Gasteiger partial charge in [0.05, 0.1) is 5.02 Å². The molecule has 0 atom stereocenters. The largest absolute Gasteiger partial charge is 0.484 e. The molecule has 2 heterocycles. The highest BCUT2D eigenvalue weighted by Gasteiger charge is 2.13. The van der Waals surface area contributed by atoms with Gasteiger partial charge in [0.25, 0.3) is 0 Å². The standard InChI is InChI=1S/C14H14ClN5OS2/c1-3-11-16-14(23-19-11)22-13-18-17-12(20(13)2)8-21-10-7-5-4-6-9(10)15/h4-7H,3,8H2,1-2H3. The molecule has 23 heavy (non-hydrogen) atoms. The molecule has 0 radical (unpaired) electrons. The van der Waals surface area contributed by atoms with E-state index in [1.165, 1.54) is 23.3 Å². The third-order valence-corrected chi connectivity index (χ3v) is 5.20. The number of rotatable bonds is 6. The number of ether oxygens (including phenoxy) is 1. The van der Waals surface area contributed by atoms with E-state index >= 15 is 0 Å². The second-order valence-corrected chi connectivity index (χ2v) is 6.98. The van der Waals surface area contributed by atoms with Crippen molar-refractivity contribution in [3.63, 3.8) is 0 Å². The molecule has 0 aliphatic carbocycles. The number of aromatic nitrogens is 5. The van der Waals surface area contributed by atoms with Crippen molar-refractivity contribution < 1.29 is 4.74 Å². The van der Waals surface area contributed by atoms with Gasteiger partial charge >= 0.3 is 0 Å². The van der Waals surface area contributed by atoms with Gasteiger partial charge in [0.2, 0.25) is 0 Å². The lowest BCUT2D eigenvalue weighted by atomic mass is 10.3. The number of halogens is 1. The van der Waals surface area contributed by atoms with Crippen LogP contribution in [0.15, 0.2) is 33.8 Å². The molecule has 3 rings (SSSR count). The second-order valence-electron chi connectivity index (χ2n) is 4.61. The summed E-state index contributed by atoms with van der Waals surface area (Å²) in [6.07, 6.45) is 0.826. The highest BCUT2D eigenvalue weighted by molar-refractivity contribution is 8.00. The van der Waals surface area contributed by atoms with Crippen molar-refractivity contribution in [1.82, 2.24) is 24.1 Å². The second kappa shape index (κ2) is 7.29. The van der Waals surface area contributed by atoms with Gasteiger partial charge < -0.3 is 9.30 Å². The van der Waals surface area contributed by atoms with Crippen LogP contribution in [0.4, 0.5) is 0 Å². The summed E-state index contributed by atoms with van der Waals surface area (Å²) in [4.78, 5) is 4.42. The lowest BCUT2D eigenvalue weighted by Gasteiger charge is -2.07. The van der Waals surface area contributed by atoms with E-state index in [1.54, 1.807) is 6.07 Å². The summed E-state index contributed by atoms with van der Waals surface area (Å²) in [6, 6.07) is 7.34. The van der Waals surface area contributed by atoms with Crippen LogP contribution in [0.25, 0.3) is 0 Å². The van der Waals surface area contributed by atoms with Gasteiger partial charge in [0, 0.05) is 13.5 Å². The quantitative estimate of drug-likeness (QED) is 0.663. The van der Waals surface area contributed by atoms with E-state index < -0.39 is 0 Å². The third kappa shape index (κ3) is 3.82. The van der Waals surface area contributed by atoms with Crippen LogP contribution in [0.5, 0.6) is 5.75 Å². The summed E-state index contributed by atoms with van der Waals surface area (Å²) >= 11 is 8.89. The van der Waals surface area contributed by atoms with Gasteiger partial charge in [-0.3, -0.25) is 0 Å². The Morgan fingerprint density at radius 2 is 2.13 bits per heavy atom. The zero-order valence-electron chi connectivity index (χ0n) is 12.6. The Morgan fingerprint density at radius 1 is 1.30 bits per heavy atom. The number of benzene rings is 1. The zero-order valence-corrected chi connectivity index (χ0v) is 15.0. The predicted molar refractivity (Wildman–Crippen MR) is 90.2 cm³/mol. The Labute approximate surface area is 147 Å². The topological polar surface area (TPSA) is 65.7 Å². The lowest BCUT2D eigenvalue weighted by molar-refractivity contribution is 0.290. The van der Waals surface area contributed by atoms with Crippen LogP contribution in [0.1, 0.15) is 18.6 Å². The highest BCUT2D eigenvalue weighted by atomic mass is 35.5. The maximum atomic E-state index is 6.07. The van der Waals surface area contributed by atoms with Crippen molar-refractivity contribution in [1.29, 1.82) is 0 Å². The van der Waals surface area contributed by atoms with Gasteiger partial charge in [-0.15, -0.1) is 10.2 Å². The Bertz CT molecular complexity index is 804. The minimum absolute atomic E-state index is 0.296. The molecule has 6 nitrogen and oxygen atoms in total. The monoisotopic (exact) mass is 367 g/mol. The van der Waals surface area contributed by atoms with Crippen LogP contribution in [0.3, 0.4) is 0 Å². The molecule has 120 valence electrons. The molecule has 2 aromatic heterocycles. The molecular weight excluding hydrogens is 354 g/mol. The highest BCUT2D eigenvalue weighted by Crippen LogP contribution is 2.28. The van der Waals surface area contributed by atoms with Crippen molar-refractivity contribution in [2.75, 3.05) is 0 Å². The van der Waals surface area contributed by atoms with Crippen LogP contribution in [0.2, 0.25) is 5.02 Å². The minimum atomic E-state index is 0.296. The molecule has 0 spiro atoms. The molecule has 9 heteroatoms. The van der Waals surface area contributed by atoms with Gasteiger partial charge in [0.1, 0.15) is 18.2 Å². The van der Waals surface area contributed by atoms with Gasteiger partial charge in [0.15, 0.2) is 15.3 Å². The van der Waals surface area contributed by atoms with E-state index in [2.05, 4.69) is 19.6 Å². The van der Waals surface area contributed by atoms with E-state index in [0.717, 1.165) is 21.7 Å². The van der Waals surface area contributed by atoms with E-state index in [1.807, 2.05) is 36.7 Å². The van der Waals surface area contributed by atoms with Crippen molar-refractivity contribution >= 4 is 34.9 Å². The Balaban J connectivity index is 1.68. The van der Waals surface area contributed by atoms with Crippen LogP contribution in [0, 0.1) is 0 Å². The molecule has 0 N–H and O–H groups in total. The number of hydrogen-bond acceptors (Lipinski definition) is 7. The van der Waals surface area contributed by atoms with E-state index in [0.29, 0.717) is 23.2 Å². The molecule has 0 unspecified atom stereocenters. The first-order valence-electron chi connectivity index (χ1n) is 6.93. The normalized spacial score (nSPS) is 10.9. The predicted octanol–water partition coefficient (Wildman–Crippen LogP) is 3.61. The van der Waals surface area contributed by atoms with Crippen molar-refractivity contribution in [3.8, 4) is 5.75 Å². The average Bonchev–Trinajstić information content (AvgIpc) is 3.15. The molecule has 0 saturated carbocycles. The van der Waals surface area contributed by atoms with Gasteiger partial charge in [-0.05, 0) is 35.4 Å². The molecule has 0 aliphatic rings. The van der Waals surface area contributed by atoms with E-state index in [9.17, 15) is 0 Å². The summed E-state index contributed by atoms with van der Waals surface area (Å²) < 4.78 is 12.7. The first kappa shape index (κ1) is 16.2. The van der Waals surface area contributed by atoms with Gasteiger partial charge in [-0.25, -0.2) is 4.98 Å². The first-order valence-corrected chi connectivity index (χ1v) is 8.90. The van der Waals surface area contributed by atoms with E-state index in [4.69, 9.17) is 16.3 Å². The number of para-hydroxylation sites is 1. The van der Waals surface area contributed by atoms with Gasteiger partial charge in [-0.1, -0.05) is 30.7 Å². The average molecular weight is 368 g/mol. The zero-order chi connectivity index (χ0) is 16.2. The summed E-state index contributed by atoms with van der Waals surface area (Å²) in [5.74, 6) is 2.19. The maximum Gasteiger partial charge on any atom is 0.198 e. The number of hydrogen-bond donors (Lipinski definition) is 0. The van der Waals surface area contributed by atoms with Crippen molar-refractivity contribution in [3.05, 3.63) is 40.9 Å². The van der Waals surface area contributed by atoms with Crippen LogP contribution in [-0.4, -0.2) is 24.1 Å². The maximum absolute atomic E-state index is 6.07. The van der Waals surface area contributed by atoms with Crippen LogP contribution >= 0.6 is 34.9 Å². The lowest BCUT2D eigenvalue weighted by Crippen LogP contribution is -2.04. The fourth-order valence-corrected chi connectivity index (χ4v) is 3.57. The molecular formula is C14H14ClN5OS2. The first-order chi connectivity index (χ1) is 11.2. The smallest absolute Gasteiger partial charge is 0.198 e. The molecule has 0 bridgehead atoms. The fourth-order valence-electron chi connectivity index (χ4n) is 1.76. The minimum Gasteiger partial charge on any atom is -0.484 e. The summed E-state index contributed by atoms with van der Waals surface area (Å²) in [5.41, 5.74) is 0. The SMILES string of the molecule is CCc1nsc(Sc2nnc(COc3ccccc3Cl)n2C)n1. The van der Waals surface area contributed by atoms with Crippen LogP contribution in [-0.2, 0) is 20.1 Å². The third-order valence-electron chi connectivity index (χ3n) is 3.06. The molecule has 0 fully saturated rings. The molecule has 1 aromatic carbocycles. The summed E-state index contributed by atoms with van der Waals surface area (Å²) in [5, 5.41) is 9.67. The van der Waals surface area contributed by atoms with Crippen molar-refractivity contribution in [2.24, 2.45) is 7.05 Å². The van der Waals surface area contributed by atoms with Gasteiger partial charge in [-0.2, -0.15) is 4.37 Å². The van der Waals surface area contributed by atoms with E-state index in [-0.39, 0.29) is 0 Å². The van der Waals surface area contributed by atoms with Crippen LogP contribution < -0.4 is 4.74 Å². The molecule has 3 aromatic rings. The Morgan fingerprint density at radius 3 is 2.87 bits per heavy atom. The Hall–Kier alpha value is -1.64. The number of aryl methyl sites for hydroxylation is 1.